The quantitative estimate of drug-likeness (QED) is 0.858. The average Bonchev–Trinajstić information content (AvgIpc) is 3.08. The van der Waals surface area contributed by atoms with Gasteiger partial charge in [0.15, 0.2) is 5.82 Å². The van der Waals surface area contributed by atoms with Crippen LogP contribution in [0, 0.1) is 0 Å². The third-order valence-corrected chi connectivity index (χ3v) is 3.47. The molecule has 21 heavy (non-hydrogen) atoms. The molecule has 1 aliphatic heterocycles. The fourth-order valence-corrected chi connectivity index (χ4v) is 2.30. The summed E-state index contributed by atoms with van der Waals surface area (Å²) in [6, 6.07) is 0.311. The number of hydrogen-bond acceptors (Lipinski definition) is 6. The fraction of sp³-hybridized carbons (Fsp3) is 0.786. The molecule has 1 atom stereocenters. The minimum atomic E-state index is -0.221. The Morgan fingerprint density at radius 1 is 1.57 bits per heavy atom. The summed E-state index contributed by atoms with van der Waals surface area (Å²) in [6.45, 7) is 8.51. The highest BCUT2D eigenvalue weighted by Gasteiger charge is 2.26. The monoisotopic (exact) mass is 296 g/mol. The second-order valence-electron chi connectivity index (χ2n) is 5.54. The van der Waals surface area contributed by atoms with Crippen LogP contribution in [0.2, 0.25) is 0 Å². The van der Waals surface area contributed by atoms with Crippen LogP contribution in [0.15, 0.2) is 4.52 Å². The van der Waals surface area contributed by atoms with E-state index in [1.54, 1.807) is 4.90 Å². The lowest BCUT2D eigenvalue weighted by Crippen LogP contribution is -2.36. The first-order valence-electron chi connectivity index (χ1n) is 7.57. The van der Waals surface area contributed by atoms with Crippen LogP contribution in [0.25, 0.3) is 0 Å². The zero-order valence-electron chi connectivity index (χ0n) is 13.0. The first kappa shape index (κ1) is 15.8. The molecular weight excluding hydrogens is 272 g/mol. The second kappa shape index (κ2) is 7.40. The molecule has 1 amide bonds. The number of rotatable bonds is 6. The van der Waals surface area contributed by atoms with Gasteiger partial charge in [-0.15, -0.1) is 0 Å². The third kappa shape index (κ3) is 4.42. The second-order valence-corrected chi connectivity index (χ2v) is 5.54. The van der Waals surface area contributed by atoms with E-state index in [-0.39, 0.29) is 12.0 Å². The van der Waals surface area contributed by atoms with E-state index in [1.807, 2.05) is 20.8 Å². The Morgan fingerprint density at radius 2 is 2.38 bits per heavy atom. The summed E-state index contributed by atoms with van der Waals surface area (Å²) in [4.78, 5) is 17.7. The van der Waals surface area contributed by atoms with Gasteiger partial charge >= 0.3 is 6.09 Å². The Bertz CT molecular complexity index is 461. The number of aromatic nitrogens is 2. The molecule has 7 heteroatoms. The van der Waals surface area contributed by atoms with Crippen LogP contribution in [0.5, 0.6) is 0 Å². The first-order valence-corrected chi connectivity index (χ1v) is 7.57. The van der Waals surface area contributed by atoms with Crippen LogP contribution < -0.4 is 5.32 Å². The number of ether oxygens (including phenoxy) is 1. The van der Waals surface area contributed by atoms with Crippen molar-refractivity contribution >= 4 is 6.09 Å². The molecule has 1 aliphatic rings. The zero-order chi connectivity index (χ0) is 15.2. The van der Waals surface area contributed by atoms with Gasteiger partial charge < -0.3 is 19.5 Å². The van der Waals surface area contributed by atoms with Gasteiger partial charge in [0, 0.05) is 38.0 Å². The molecule has 0 aliphatic carbocycles. The summed E-state index contributed by atoms with van der Waals surface area (Å²) in [6.07, 6.45) is 1.45. The molecular formula is C14H24N4O3. The van der Waals surface area contributed by atoms with Gasteiger partial charge in [-0.1, -0.05) is 19.0 Å². The molecule has 1 unspecified atom stereocenters. The van der Waals surface area contributed by atoms with Crippen molar-refractivity contribution in [1.82, 2.24) is 20.4 Å². The number of nitrogens with zero attached hydrogens (tertiary/aromatic N) is 3. The zero-order valence-corrected chi connectivity index (χ0v) is 13.0. The predicted octanol–water partition coefficient (Wildman–Crippen LogP) is 1.56. The number of hydrogen-bond donors (Lipinski definition) is 1. The molecule has 0 spiro atoms. The SMILES string of the molecule is CCOC(=O)N1CCC(NCCc2noc(C(C)C)n2)C1. The van der Waals surface area contributed by atoms with E-state index in [0.717, 1.165) is 31.8 Å². The molecule has 7 nitrogen and oxygen atoms in total. The van der Waals surface area contributed by atoms with E-state index < -0.39 is 0 Å². The molecule has 1 N–H and O–H groups in total. The van der Waals surface area contributed by atoms with Crippen molar-refractivity contribution in [3.8, 4) is 0 Å². The lowest BCUT2D eigenvalue weighted by atomic mass is 10.2. The molecule has 1 aromatic heterocycles. The largest absolute Gasteiger partial charge is 0.450 e. The Morgan fingerprint density at radius 3 is 3.05 bits per heavy atom. The smallest absolute Gasteiger partial charge is 0.409 e. The van der Waals surface area contributed by atoms with Gasteiger partial charge in [-0.2, -0.15) is 4.98 Å². The number of likely N-dealkylation sites (tertiary alicyclic amines) is 1. The lowest BCUT2D eigenvalue weighted by molar-refractivity contribution is 0.115. The number of amides is 1. The standard InChI is InChI=1S/C14H24N4O3/c1-4-20-14(19)18-8-6-11(9-18)15-7-5-12-16-13(10(2)3)21-17-12/h10-11,15H,4-9H2,1-3H3. The summed E-state index contributed by atoms with van der Waals surface area (Å²) in [5, 5.41) is 7.38. The van der Waals surface area contributed by atoms with E-state index in [1.165, 1.54) is 0 Å². The maximum atomic E-state index is 11.6. The molecule has 2 heterocycles. The van der Waals surface area contributed by atoms with E-state index in [2.05, 4.69) is 15.5 Å². The van der Waals surface area contributed by atoms with Crippen molar-refractivity contribution in [3.05, 3.63) is 11.7 Å². The van der Waals surface area contributed by atoms with Gasteiger partial charge in [-0.05, 0) is 13.3 Å². The molecule has 0 saturated carbocycles. The highest BCUT2D eigenvalue weighted by Crippen LogP contribution is 2.12. The van der Waals surface area contributed by atoms with Crippen LogP contribution in [0.4, 0.5) is 4.79 Å². The Labute approximate surface area is 125 Å². The van der Waals surface area contributed by atoms with Crippen LogP contribution in [-0.2, 0) is 11.2 Å². The topological polar surface area (TPSA) is 80.5 Å². The maximum absolute atomic E-state index is 11.6. The number of carbonyl (C=O) groups excluding carboxylic acids is 1. The molecule has 0 bridgehead atoms. The summed E-state index contributed by atoms with van der Waals surface area (Å²) < 4.78 is 10.2. The van der Waals surface area contributed by atoms with Gasteiger partial charge in [0.25, 0.3) is 0 Å². The molecule has 0 aromatic carbocycles. The molecule has 118 valence electrons. The molecule has 1 fully saturated rings. The third-order valence-electron chi connectivity index (χ3n) is 3.47. The van der Waals surface area contributed by atoms with Crippen LogP contribution >= 0.6 is 0 Å². The number of carbonyl (C=O) groups is 1. The molecule has 1 saturated heterocycles. The summed E-state index contributed by atoms with van der Waals surface area (Å²) in [5.74, 6) is 1.66. The summed E-state index contributed by atoms with van der Waals surface area (Å²) >= 11 is 0. The van der Waals surface area contributed by atoms with Gasteiger partial charge in [0.05, 0.1) is 6.61 Å². The average molecular weight is 296 g/mol. The Hall–Kier alpha value is -1.63. The van der Waals surface area contributed by atoms with Gasteiger partial charge in [0.2, 0.25) is 5.89 Å². The highest BCUT2D eigenvalue weighted by atomic mass is 16.6. The maximum Gasteiger partial charge on any atom is 0.409 e. The van der Waals surface area contributed by atoms with Crippen LogP contribution in [0.3, 0.4) is 0 Å². The Balaban J connectivity index is 1.68. The normalized spacial score (nSPS) is 18.5. The fourth-order valence-electron chi connectivity index (χ4n) is 2.30. The Kier molecular flexibility index (Phi) is 5.55. The highest BCUT2D eigenvalue weighted by molar-refractivity contribution is 5.68. The van der Waals surface area contributed by atoms with Crippen molar-refractivity contribution in [2.24, 2.45) is 0 Å². The van der Waals surface area contributed by atoms with Crippen molar-refractivity contribution in [3.63, 3.8) is 0 Å². The van der Waals surface area contributed by atoms with E-state index in [9.17, 15) is 4.79 Å². The van der Waals surface area contributed by atoms with Crippen molar-refractivity contribution in [2.75, 3.05) is 26.2 Å². The summed E-state index contributed by atoms with van der Waals surface area (Å²) in [7, 11) is 0. The lowest BCUT2D eigenvalue weighted by Gasteiger charge is -2.16. The van der Waals surface area contributed by atoms with Gasteiger partial charge in [-0.25, -0.2) is 4.79 Å². The molecule has 2 rings (SSSR count). The van der Waals surface area contributed by atoms with Crippen molar-refractivity contribution < 1.29 is 14.1 Å². The van der Waals surface area contributed by atoms with Gasteiger partial charge in [-0.3, -0.25) is 0 Å². The first-order chi connectivity index (χ1) is 10.1. The number of nitrogens with one attached hydrogen (secondary N) is 1. The summed E-state index contributed by atoms with van der Waals surface area (Å²) in [5.41, 5.74) is 0. The molecule has 1 aromatic rings. The minimum absolute atomic E-state index is 0.221. The minimum Gasteiger partial charge on any atom is -0.450 e. The van der Waals surface area contributed by atoms with Crippen molar-refractivity contribution in [1.29, 1.82) is 0 Å². The van der Waals surface area contributed by atoms with E-state index >= 15 is 0 Å². The van der Waals surface area contributed by atoms with Crippen LogP contribution in [0.1, 0.15) is 44.8 Å². The van der Waals surface area contributed by atoms with Crippen molar-refractivity contribution in [2.45, 2.75) is 45.6 Å². The van der Waals surface area contributed by atoms with Crippen LogP contribution in [-0.4, -0.2) is 53.4 Å². The predicted molar refractivity (Wildman–Crippen MR) is 77.1 cm³/mol. The van der Waals surface area contributed by atoms with Gasteiger partial charge in [0.1, 0.15) is 0 Å². The molecule has 0 radical (unpaired) electrons. The van der Waals surface area contributed by atoms with E-state index in [0.29, 0.717) is 25.1 Å². The van der Waals surface area contributed by atoms with E-state index in [4.69, 9.17) is 9.26 Å².